The van der Waals surface area contributed by atoms with Gasteiger partial charge in [0, 0.05) is 0 Å². The molecule has 0 aromatic heterocycles. The number of fused-ring (bicyclic) bond motifs is 3. The molecular weight excluding hydrogens is 658 g/mol. The molecule has 2 aliphatic rings. The molecule has 0 bridgehead atoms. The molecular formula is C34H46Cl2Hf. The number of hydrogen-bond acceptors (Lipinski definition) is 0. The van der Waals surface area contributed by atoms with E-state index in [1.54, 1.807) is 15.5 Å². The average molecular weight is 704 g/mol. The standard InChI is InChI=1S/C21H25.C10H15.C3H6.2ClH.Hf/c1-20(2,3)16-9-7-14-11-15-8-10-17(21(4,5)6)13-19(15)18(14)12-16;1-8-5-6-9(7-8)10(2,3)4;1-3-2;;;/h7,9-10,12-13H,11H2,1-6H3;6-8H,1-4H3;1-2H3;2*1H;/q;;;;;+2/p-2. The molecule has 0 saturated carbocycles. The molecule has 200 valence electrons. The molecule has 4 rings (SSSR count). The zero-order chi connectivity index (χ0) is 26.1. The molecule has 3 heteroatoms. The quantitative estimate of drug-likeness (QED) is 0.361. The van der Waals surface area contributed by atoms with Crippen LogP contribution in [-0.4, -0.2) is 3.26 Å². The van der Waals surface area contributed by atoms with E-state index in [4.69, 9.17) is 0 Å². The summed E-state index contributed by atoms with van der Waals surface area (Å²) in [5.74, 6) is 0.562. The molecule has 2 aliphatic carbocycles. The summed E-state index contributed by atoms with van der Waals surface area (Å²) < 4.78 is 5.23. The first-order chi connectivity index (χ1) is 16.0. The van der Waals surface area contributed by atoms with Gasteiger partial charge in [0.2, 0.25) is 0 Å². The van der Waals surface area contributed by atoms with Gasteiger partial charge in [0.15, 0.2) is 0 Å². The van der Waals surface area contributed by atoms with Gasteiger partial charge in [0.1, 0.15) is 0 Å². The van der Waals surface area contributed by atoms with Gasteiger partial charge in [0.25, 0.3) is 0 Å². The van der Waals surface area contributed by atoms with Crippen LogP contribution in [0.25, 0.3) is 11.1 Å². The van der Waals surface area contributed by atoms with Crippen LogP contribution >= 0.6 is 0 Å². The normalized spacial score (nSPS) is 16.5. The zero-order valence-electron chi connectivity index (χ0n) is 25.1. The summed E-state index contributed by atoms with van der Waals surface area (Å²) in [7, 11) is 0. The average Bonchev–Trinajstić information content (AvgIpc) is 3.27. The fourth-order valence-corrected chi connectivity index (χ4v) is 16.7. The van der Waals surface area contributed by atoms with Gasteiger partial charge in [-0.25, -0.2) is 0 Å². The zero-order valence-corrected chi connectivity index (χ0v) is 30.2. The van der Waals surface area contributed by atoms with Crippen molar-refractivity contribution in [3.63, 3.8) is 0 Å². The van der Waals surface area contributed by atoms with E-state index in [1.165, 1.54) is 33.4 Å². The van der Waals surface area contributed by atoms with Crippen LogP contribution < -0.4 is 28.1 Å². The first-order valence-electron chi connectivity index (χ1n) is 13.4. The topological polar surface area (TPSA) is 0 Å². The summed E-state index contributed by atoms with van der Waals surface area (Å²) in [5, 5.41) is 0. The number of halogens is 2. The second kappa shape index (κ2) is 11.0. The predicted molar refractivity (Wildman–Crippen MR) is 153 cm³/mol. The first-order valence-corrected chi connectivity index (χ1v) is 18.8. The van der Waals surface area contributed by atoms with E-state index in [-0.39, 0.29) is 41.1 Å². The SMILES string of the molecule is C[C](C)=[Hf+2]([C]1=CC(C(C)(C)C)=CC1C)[c]1cc(C(C)(C)C)cc2c1Cc1ccc(C(C)(C)C)cc1-2.[Cl-].[Cl-]. The summed E-state index contributed by atoms with van der Waals surface area (Å²) in [6, 6.07) is 12.5. The van der Waals surface area contributed by atoms with Crippen LogP contribution in [0.4, 0.5) is 0 Å². The van der Waals surface area contributed by atoms with Gasteiger partial charge in [0.05, 0.1) is 0 Å². The summed E-state index contributed by atoms with van der Waals surface area (Å²) in [4.78, 5) is 0. The summed E-state index contributed by atoms with van der Waals surface area (Å²) in [6.07, 6.45) is 6.27. The Bertz CT molecular complexity index is 1280. The van der Waals surface area contributed by atoms with Crippen molar-refractivity contribution in [1.29, 1.82) is 0 Å². The van der Waals surface area contributed by atoms with E-state index in [0.717, 1.165) is 6.42 Å². The maximum atomic E-state index is 2.65. The van der Waals surface area contributed by atoms with Crippen LogP contribution in [0.5, 0.6) is 0 Å². The maximum absolute atomic E-state index is 2.65. The molecule has 0 nitrogen and oxygen atoms in total. The number of rotatable bonds is 2. The monoisotopic (exact) mass is 704 g/mol. The van der Waals surface area contributed by atoms with Gasteiger partial charge in [-0.15, -0.1) is 0 Å². The van der Waals surface area contributed by atoms with Gasteiger partial charge in [-0.1, -0.05) is 0 Å². The van der Waals surface area contributed by atoms with E-state index in [9.17, 15) is 0 Å². The molecule has 2 aromatic carbocycles. The third-order valence-electron chi connectivity index (χ3n) is 7.90. The van der Waals surface area contributed by atoms with E-state index >= 15 is 0 Å². The van der Waals surface area contributed by atoms with Crippen LogP contribution in [0.3, 0.4) is 0 Å². The van der Waals surface area contributed by atoms with E-state index in [1.807, 2.05) is 0 Å². The van der Waals surface area contributed by atoms with Crippen molar-refractivity contribution in [2.45, 2.75) is 100 Å². The minimum atomic E-state index is -2.46. The van der Waals surface area contributed by atoms with E-state index < -0.39 is 21.0 Å². The number of benzene rings is 2. The Morgan fingerprint density at radius 2 is 1.32 bits per heavy atom. The smallest absolute Gasteiger partial charge is 1.00 e. The van der Waals surface area contributed by atoms with Crippen LogP contribution in [0.1, 0.15) is 105 Å². The Morgan fingerprint density at radius 3 is 1.81 bits per heavy atom. The van der Waals surface area contributed by atoms with Crippen molar-refractivity contribution in [1.82, 2.24) is 0 Å². The summed E-state index contributed by atoms with van der Waals surface area (Å²) in [5.41, 5.74) is 11.1. The molecule has 37 heavy (non-hydrogen) atoms. The van der Waals surface area contributed by atoms with E-state index in [2.05, 4.69) is 126 Å². The van der Waals surface area contributed by atoms with Crippen molar-refractivity contribution >= 4 is 6.58 Å². The molecule has 0 radical (unpaired) electrons. The third kappa shape index (κ3) is 6.36. The van der Waals surface area contributed by atoms with Gasteiger partial charge >= 0.3 is 224 Å². The number of allylic oxidation sites excluding steroid dienone is 4. The Morgan fingerprint density at radius 1 is 0.757 bits per heavy atom. The predicted octanol–water partition coefficient (Wildman–Crippen LogP) is 2.82. The van der Waals surface area contributed by atoms with Gasteiger partial charge in [-0.3, -0.25) is 0 Å². The van der Waals surface area contributed by atoms with Crippen molar-refractivity contribution in [3.8, 4) is 11.1 Å². The Balaban J connectivity index is 0.00000241. The van der Waals surface area contributed by atoms with Crippen molar-refractivity contribution in [2.24, 2.45) is 11.3 Å². The molecule has 1 unspecified atom stereocenters. The van der Waals surface area contributed by atoms with Crippen LogP contribution in [0.15, 0.2) is 51.4 Å². The number of hydrogen-bond donors (Lipinski definition) is 0. The Hall–Kier alpha value is -0.760. The minimum Gasteiger partial charge on any atom is -1.00 e. The van der Waals surface area contributed by atoms with Crippen LogP contribution in [-0.2, 0) is 38.2 Å². The fourth-order valence-electron chi connectivity index (χ4n) is 5.58. The molecule has 0 heterocycles. The molecule has 0 saturated heterocycles. The third-order valence-corrected chi connectivity index (χ3v) is 19.3. The maximum Gasteiger partial charge on any atom is -1.00 e. The van der Waals surface area contributed by atoms with Gasteiger partial charge in [-0.2, -0.15) is 0 Å². The van der Waals surface area contributed by atoms with Crippen LogP contribution in [0.2, 0.25) is 0 Å². The largest absolute Gasteiger partial charge is 1.00 e. The summed E-state index contributed by atoms with van der Waals surface area (Å²) >= 11 is -2.46. The molecule has 0 N–H and O–H groups in total. The van der Waals surface area contributed by atoms with Crippen molar-refractivity contribution in [3.05, 3.63) is 73.6 Å². The molecule has 0 spiro atoms. The first kappa shape index (κ1) is 32.5. The second-order valence-electron chi connectivity index (χ2n) is 14.2. The van der Waals surface area contributed by atoms with Crippen LogP contribution in [0, 0.1) is 11.3 Å². The molecule has 0 amide bonds. The molecule has 1 atom stereocenters. The summed E-state index contributed by atoms with van der Waals surface area (Å²) in [6.45, 7) is 28.5. The molecule has 2 aromatic rings. The van der Waals surface area contributed by atoms with Crippen molar-refractivity contribution in [2.75, 3.05) is 0 Å². The Kier molecular flexibility index (Phi) is 9.66. The van der Waals surface area contributed by atoms with E-state index in [0.29, 0.717) is 5.92 Å². The van der Waals surface area contributed by atoms with Gasteiger partial charge in [-0.05, 0) is 0 Å². The van der Waals surface area contributed by atoms with Crippen molar-refractivity contribution < 1.29 is 45.8 Å². The molecule has 0 aliphatic heterocycles. The Labute approximate surface area is 247 Å². The fraction of sp³-hybridized carbons (Fsp3) is 0.500. The molecule has 0 fully saturated rings. The second-order valence-corrected chi connectivity index (χ2v) is 24.5. The van der Waals surface area contributed by atoms with Gasteiger partial charge < -0.3 is 24.8 Å². The minimum absolute atomic E-state index is 0.